The van der Waals surface area contributed by atoms with Crippen LogP contribution in [0.2, 0.25) is 0 Å². The predicted octanol–water partition coefficient (Wildman–Crippen LogP) is -0.0700. The molecule has 1 aliphatic heterocycles. The molecule has 0 spiro atoms. The van der Waals surface area contributed by atoms with Crippen LogP contribution in [0.1, 0.15) is 13.8 Å². The molecule has 4 heteroatoms. The van der Waals surface area contributed by atoms with Crippen LogP contribution in [0.25, 0.3) is 0 Å². The van der Waals surface area contributed by atoms with Crippen molar-refractivity contribution in [2.75, 3.05) is 7.11 Å². The summed E-state index contributed by atoms with van der Waals surface area (Å²) < 4.78 is 5.01. The van der Waals surface area contributed by atoms with Gasteiger partial charge in [-0.05, 0) is 6.92 Å². The van der Waals surface area contributed by atoms with Gasteiger partial charge in [0.15, 0.2) is 0 Å². The maximum absolute atomic E-state index is 11.2. The molecular formula is C8H13NO3. The topological polar surface area (TPSA) is 55.4 Å². The van der Waals surface area contributed by atoms with Gasteiger partial charge >= 0.3 is 0 Å². The number of hydrogen-bond donors (Lipinski definition) is 1. The molecule has 1 rings (SSSR count). The Kier molecular flexibility index (Phi) is 2.47. The van der Waals surface area contributed by atoms with Crippen molar-refractivity contribution in [2.24, 2.45) is 11.8 Å². The third-order valence-corrected chi connectivity index (χ3v) is 2.38. The van der Waals surface area contributed by atoms with Crippen LogP contribution in [0.3, 0.4) is 0 Å². The van der Waals surface area contributed by atoms with Gasteiger partial charge < -0.3 is 4.74 Å². The van der Waals surface area contributed by atoms with Crippen molar-refractivity contribution >= 4 is 11.8 Å². The average Bonchev–Trinajstić information content (AvgIpc) is 2.26. The largest absolute Gasteiger partial charge is 0.381 e. The van der Waals surface area contributed by atoms with Crippen molar-refractivity contribution < 1.29 is 14.3 Å². The van der Waals surface area contributed by atoms with Crippen molar-refractivity contribution in [1.29, 1.82) is 0 Å². The summed E-state index contributed by atoms with van der Waals surface area (Å²) in [7, 11) is 1.54. The van der Waals surface area contributed by atoms with Crippen LogP contribution in [-0.2, 0) is 14.3 Å². The molecule has 1 heterocycles. The van der Waals surface area contributed by atoms with Crippen molar-refractivity contribution in [3.05, 3.63) is 0 Å². The van der Waals surface area contributed by atoms with Gasteiger partial charge in [0, 0.05) is 13.0 Å². The summed E-state index contributed by atoms with van der Waals surface area (Å²) in [4.78, 5) is 22.2. The lowest BCUT2D eigenvalue weighted by Crippen LogP contribution is -2.30. The van der Waals surface area contributed by atoms with E-state index in [0.29, 0.717) is 0 Å². The number of ether oxygens (including phenoxy) is 1. The zero-order valence-corrected chi connectivity index (χ0v) is 7.46. The lowest BCUT2D eigenvalue weighted by atomic mass is 9.92. The molecule has 2 amide bonds. The minimum Gasteiger partial charge on any atom is -0.381 e. The van der Waals surface area contributed by atoms with E-state index in [1.165, 1.54) is 7.11 Å². The van der Waals surface area contributed by atoms with Gasteiger partial charge in [0.25, 0.3) is 0 Å². The van der Waals surface area contributed by atoms with E-state index >= 15 is 0 Å². The quantitative estimate of drug-likeness (QED) is 0.592. The van der Waals surface area contributed by atoms with Crippen LogP contribution >= 0.6 is 0 Å². The molecule has 0 aliphatic carbocycles. The first-order valence-corrected chi connectivity index (χ1v) is 3.95. The molecule has 1 saturated heterocycles. The van der Waals surface area contributed by atoms with E-state index in [1.54, 1.807) is 13.8 Å². The number of hydrogen-bond acceptors (Lipinski definition) is 3. The average molecular weight is 171 g/mol. The van der Waals surface area contributed by atoms with Gasteiger partial charge in [-0.1, -0.05) is 6.92 Å². The fourth-order valence-corrected chi connectivity index (χ4v) is 1.48. The molecule has 12 heavy (non-hydrogen) atoms. The number of methoxy groups -OCH3 is 1. The summed E-state index contributed by atoms with van der Waals surface area (Å²) in [5, 5.41) is 2.27. The number of carbonyl (C=O) groups excluding carboxylic acids is 2. The van der Waals surface area contributed by atoms with Crippen LogP contribution in [0.5, 0.6) is 0 Å². The van der Waals surface area contributed by atoms with Crippen LogP contribution in [-0.4, -0.2) is 25.0 Å². The van der Waals surface area contributed by atoms with Gasteiger partial charge in [-0.3, -0.25) is 14.9 Å². The molecule has 4 nitrogen and oxygen atoms in total. The normalized spacial score (nSPS) is 31.9. The van der Waals surface area contributed by atoms with Crippen LogP contribution < -0.4 is 5.32 Å². The molecule has 1 aliphatic rings. The summed E-state index contributed by atoms with van der Waals surface area (Å²) in [5.74, 6) is -1.02. The van der Waals surface area contributed by atoms with E-state index in [4.69, 9.17) is 4.74 Å². The van der Waals surface area contributed by atoms with Crippen molar-refractivity contribution in [1.82, 2.24) is 5.32 Å². The summed E-state index contributed by atoms with van der Waals surface area (Å²) in [6, 6.07) is 0. The Balaban J connectivity index is 2.76. The predicted molar refractivity (Wildman–Crippen MR) is 42.3 cm³/mol. The van der Waals surface area contributed by atoms with Crippen LogP contribution in [0, 0.1) is 11.8 Å². The lowest BCUT2D eigenvalue weighted by Gasteiger charge is -2.17. The Bertz CT molecular complexity index is 214. The second-order valence-corrected chi connectivity index (χ2v) is 3.11. The fraction of sp³-hybridized carbons (Fsp3) is 0.750. The Morgan fingerprint density at radius 1 is 1.42 bits per heavy atom. The molecule has 0 radical (unpaired) electrons. The van der Waals surface area contributed by atoms with Crippen LogP contribution in [0.4, 0.5) is 0 Å². The molecule has 0 saturated carbocycles. The molecule has 1 fully saturated rings. The van der Waals surface area contributed by atoms with Gasteiger partial charge in [-0.15, -0.1) is 0 Å². The summed E-state index contributed by atoms with van der Waals surface area (Å²) in [6.45, 7) is 3.53. The summed E-state index contributed by atoms with van der Waals surface area (Å²) in [6.07, 6.45) is -0.202. The molecule has 0 aromatic carbocycles. The smallest absolute Gasteiger partial charge is 0.233 e. The Morgan fingerprint density at radius 3 is 2.33 bits per heavy atom. The van der Waals surface area contributed by atoms with Gasteiger partial charge in [0.2, 0.25) is 11.8 Å². The van der Waals surface area contributed by atoms with Gasteiger partial charge in [0.05, 0.1) is 12.0 Å². The van der Waals surface area contributed by atoms with E-state index in [-0.39, 0.29) is 29.8 Å². The number of nitrogens with one attached hydrogen (secondary N) is 1. The Morgan fingerprint density at radius 2 is 2.00 bits per heavy atom. The van der Waals surface area contributed by atoms with Crippen molar-refractivity contribution in [2.45, 2.75) is 20.0 Å². The Labute approximate surface area is 71.3 Å². The zero-order chi connectivity index (χ0) is 9.30. The lowest BCUT2D eigenvalue weighted by molar-refractivity contribution is -0.127. The third-order valence-electron chi connectivity index (χ3n) is 2.38. The molecule has 0 aromatic rings. The number of imide groups is 1. The second-order valence-electron chi connectivity index (χ2n) is 3.11. The molecule has 0 bridgehead atoms. The number of rotatable bonds is 2. The fourth-order valence-electron chi connectivity index (χ4n) is 1.48. The minimum absolute atomic E-state index is 0.200. The molecule has 3 atom stereocenters. The highest BCUT2D eigenvalue weighted by Gasteiger charge is 2.41. The SMILES string of the molecule is COC(C)C1C(=O)NC(=O)C1C. The highest BCUT2D eigenvalue weighted by Crippen LogP contribution is 2.23. The minimum atomic E-state index is -0.331. The maximum Gasteiger partial charge on any atom is 0.233 e. The highest BCUT2D eigenvalue weighted by molar-refractivity contribution is 6.05. The van der Waals surface area contributed by atoms with Gasteiger partial charge in [0.1, 0.15) is 0 Å². The monoisotopic (exact) mass is 171 g/mol. The van der Waals surface area contributed by atoms with Crippen molar-refractivity contribution in [3.63, 3.8) is 0 Å². The number of carbonyl (C=O) groups is 2. The first-order chi connectivity index (χ1) is 5.57. The summed E-state index contributed by atoms with van der Waals surface area (Å²) in [5.41, 5.74) is 0. The van der Waals surface area contributed by atoms with Gasteiger partial charge in [-0.2, -0.15) is 0 Å². The molecular weight excluding hydrogens is 158 g/mol. The van der Waals surface area contributed by atoms with E-state index in [1.807, 2.05) is 0 Å². The second kappa shape index (κ2) is 3.23. The molecule has 1 N–H and O–H groups in total. The molecule has 3 unspecified atom stereocenters. The van der Waals surface area contributed by atoms with Gasteiger partial charge in [-0.25, -0.2) is 0 Å². The Hall–Kier alpha value is -0.900. The van der Waals surface area contributed by atoms with Crippen molar-refractivity contribution in [3.8, 4) is 0 Å². The van der Waals surface area contributed by atoms with E-state index in [0.717, 1.165) is 0 Å². The first-order valence-electron chi connectivity index (χ1n) is 3.95. The standard InChI is InChI=1S/C8H13NO3/c1-4-6(5(2)12-3)8(11)9-7(4)10/h4-6H,1-3H3,(H,9,10,11). The number of amides is 2. The summed E-state index contributed by atoms with van der Waals surface area (Å²) >= 11 is 0. The van der Waals surface area contributed by atoms with E-state index < -0.39 is 0 Å². The zero-order valence-electron chi connectivity index (χ0n) is 7.46. The van der Waals surface area contributed by atoms with E-state index in [9.17, 15) is 9.59 Å². The first kappa shape index (κ1) is 9.19. The maximum atomic E-state index is 11.2. The third kappa shape index (κ3) is 1.34. The highest BCUT2D eigenvalue weighted by atomic mass is 16.5. The molecule has 68 valence electrons. The molecule has 0 aromatic heterocycles. The van der Waals surface area contributed by atoms with Crippen LogP contribution in [0.15, 0.2) is 0 Å². The van der Waals surface area contributed by atoms with E-state index in [2.05, 4.69) is 5.32 Å².